The number of halogens is 1. The maximum absolute atomic E-state index is 12.3. The van der Waals surface area contributed by atoms with E-state index in [1.54, 1.807) is 46.8 Å². The first-order valence-electron chi connectivity index (χ1n) is 7.13. The minimum Gasteiger partial charge on any atom is -0.327 e. The molecule has 0 heterocycles. The number of carbonyl (C=O) groups excluding carboxylic acids is 1. The van der Waals surface area contributed by atoms with Crippen LogP contribution in [0.25, 0.3) is 0 Å². The minimum atomic E-state index is -3.64. The molecular formula is C15H26ClN3O3S. The van der Waals surface area contributed by atoms with Crippen LogP contribution >= 0.6 is 12.4 Å². The van der Waals surface area contributed by atoms with E-state index in [1.807, 2.05) is 0 Å². The van der Waals surface area contributed by atoms with Gasteiger partial charge >= 0.3 is 0 Å². The van der Waals surface area contributed by atoms with Gasteiger partial charge in [0.1, 0.15) is 0 Å². The Morgan fingerprint density at radius 2 is 1.78 bits per heavy atom. The summed E-state index contributed by atoms with van der Waals surface area (Å²) < 4.78 is 27.1. The van der Waals surface area contributed by atoms with Crippen LogP contribution in [-0.2, 0) is 14.8 Å². The largest absolute Gasteiger partial charge is 0.327 e. The Bertz CT molecular complexity index is 640. The quantitative estimate of drug-likeness (QED) is 0.745. The number of nitrogens with two attached hydrogens (primary N) is 1. The van der Waals surface area contributed by atoms with E-state index >= 15 is 0 Å². The van der Waals surface area contributed by atoms with Crippen LogP contribution < -0.4 is 15.8 Å². The summed E-state index contributed by atoms with van der Waals surface area (Å²) in [6, 6.07) is 5.86. The smallest absolute Gasteiger partial charge is 0.241 e. The number of rotatable bonds is 5. The van der Waals surface area contributed by atoms with Crippen molar-refractivity contribution in [2.24, 2.45) is 11.7 Å². The maximum Gasteiger partial charge on any atom is 0.241 e. The molecule has 1 aromatic carbocycles. The molecule has 1 amide bonds. The fraction of sp³-hybridized carbons (Fsp3) is 0.533. The van der Waals surface area contributed by atoms with E-state index in [-0.39, 0.29) is 35.2 Å². The molecular weight excluding hydrogens is 338 g/mol. The number of hydrogen-bond acceptors (Lipinski definition) is 4. The highest BCUT2D eigenvalue weighted by molar-refractivity contribution is 7.89. The van der Waals surface area contributed by atoms with E-state index in [4.69, 9.17) is 5.73 Å². The summed E-state index contributed by atoms with van der Waals surface area (Å²) >= 11 is 0. The average molecular weight is 364 g/mol. The Hall–Kier alpha value is -1.15. The van der Waals surface area contributed by atoms with Crippen LogP contribution in [0.1, 0.15) is 34.6 Å². The van der Waals surface area contributed by atoms with Crippen LogP contribution in [0.2, 0.25) is 0 Å². The molecule has 0 saturated carbocycles. The van der Waals surface area contributed by atoms with Gasteiger partial charge < -0.3 is 11.1 Å². The molecule has 2 atom stereocenters. The van der Waals surface area contributed by atoms with Gasteiger partial charge in [0.05, 0.1) is 10.8 Å². The lowest BCUT2D eigenvalue weighted by Gasteiger charge is -2.21. The molecule has 8 heteroatoms. The Labute approximate surface area is 144 Å². The molecule has 0 spiro atoms. The van der Waals surface area contributed by atoms with Crippen molar-refractivity contribution in [3.8, 4) is 0 Å². The molecule has 0 bridgehead atoms. The molecule has 0 radical (unpaired) electrons. The fourth-order valence-electron chi connectivity index (χ4n) is 1.70. The highest BCUT2D eigenvalue weighted by Gasteiger charge is 2.23. The van der Waals surface area contributed by atoms with E-state index < -0.39 is 15.6 Å². The Morgan fingerprint density at radius 3 is 2.26 bits per heavy atom. The molecule has 0 aromatic heterocycles. The standard InChI is InChI=1S/C15H25N3O3S.ClH/c1-10(11(2)16)14(19)17-12-7-6-8-13(9-12)22(20,21)18-15(3,4)5;/h6-11,18H,16H2,1-5H3,(H,17,19);1H. The summed E-state index contributed by atoms with van der Waals surface area (Å²) in [6.45, 7) is 8.77. The van der Waals surface area contributed by atoms with E-state index in [9.17, 15) is 13.2 Å². The van der Waals surface area contributed by atoms with Gasteiger partial charge in [0, 0.05) is 17.3 Å². The number of hydrogen-bond donors (Lipinski definition) is 3. The number of anilines is 1. The maximum atomic E-state index is 12.3. The Morgan fingerprint density at radius 1 is 1.22 bits per heavy atom. The van der Waals surface area contributed by atoms with Crippen LogP contribution in [0, 0.1) is 5.92 Å². The van der Waals surface area contributed by atoms with Crippen LogP contribution in [0.15, 0.2) is 29.2 Å². The zero-order valence-corrected chi connectivity index (χ0v) is 15.7. The van der Waals surface area contributed by atoms with E-state index in [2.05, 4.69) is 10.0 Å². The third-order valence-corrected chi connectivity index (χ3v) is 4.81. The van der Waals surface area contributed by atoms with Crippen molar-refractivity contribution in [3.05, 3.63) is 24.3 Å². The lowest BCUT2D eigenvalue weighted by molar-refractivity contribution is -0.119. The summed E-state index contributed by atoms with van der Waals surface area (Å²) in [6.07, 6.45) is 0. The van der Waals surface area contributed by atoms with Crippen LogP contribution in [0.5, 0.6) is 0 Å². The molecule has 0 aliphatic carbocycles. The first-order valence-corrected chi connectivity index (χ1v) is 8.61. The molecule has 0 saturated heterocycles. The van der Waals surface area contributed by atoms with Gasteiger partial charge in [0.15, 0.2) is 0 Å². The van der Waals surface area contributed by atoms with Crippen molar-refractivity contribution < 1.29 is 13.2 Å². The molecule has 23 heavy (non-hydrogen) atoms. The molecule has 6 nitrogen and oxygen atoms in total. The highest BCUT2D eigenvalue weighted by atomic mass is 35.5. The predicted octanol–water partition coefficient (Wildman–Crippen LogP) is 2.11. The van der Waals surface area contributed by atoms with E-state index in [0.717, 1.165) is 0 Å². The highest BCUT2D eigenvalue weighted by Crippen LogP contribution is 2.18. The fourth-order valence-corrected chi connectivity index (χ4v) is 3.16. The third-order valence-electron chi connectivity index (χ3n) is 3.05. The Kier molecular flexibility index (Phi) is 7.69. The number of benzene rings is 1. The summed E-state index contributed by atoms with van der Waals surface area (Å²) in [4.78, 5) is 12.1. The second-order valence-corrected chi connectivity index (χ2v) is 8.20. The van der Waals surface area contributed by atoms with Crippen LogP contribution in [0.4, 0.5) is 5.69 Å². The molecule has 4 N–H and O–H groups in total. The van der Waals surface area contributed by atoms with Gasteiger partial charge in [0.25, 0.3) is 0 Å². The number of sulfonamides is 1. The van der Waals surface area contributed by atoms with Gasteiger partial charge in [-0.3, -0.25) is 4.79 Å². The molecule has 1 aromatic rings. The van der Waals surface area contributed by atoms with Gasteiger partial charge in [-0.15, -0.1) is 12.4 Å². The molecule has 132 valence electrons. The zero-order chi connectivity index (χ0) is 17.1. The van der Waals surface area contributed by atoms with Crippen molar-refractivity contribution in [1.29, 1.82) is 0 Å². The van der Waals surface area contributed by atoms with Crippen molar-refractivity contribution in [2.45, 2.75) is 51.1 Å². The number of nitrogens with one attached hydrogen (secondary N) is 2. The van der Waals surface area contributed by atoms with Crippen molar-refractivity contribution in [1.82, 2.24) is 4.72 Å². The van der Waals surface area contributed by atoms with Crippen molar-refractivity contribution in [3.63, 3.8) is 0 Å². The van der Waals surface area contributed by atoms with Crippen molar-refractivity contribution in [2.75, 3.05) is 5.32 Å². The predicted molar refractivity (Wildman–Crippen MR) is 95.2 cm³/mol. The summed E-state index contributed by atoms with van der Waals surface area (Å²) in [7, 11) is -3.64. The van der Waals surface area contributed by atoms with E-state index in [1.165, 1.54) is 12.1 Å². The normalized spacial score (nSPS) is 14.5. The van der Waals surface area contributed by atoms with Gasteiger partial charge in [-0.1, -0.05) is 13.0 Å². The van der Waals surface area contributed by atoms with Crippen LogP contribution in [0.3, 0.4) is 0 Å². The SMILES string of the molecule is CC(N)C(C)C(=O)Nc1cccc(S(=O)(=O)NC(C)(C)C)c1.Cl. The van der Waals surface area contributed by atoms with Crippen LogP contribution in [-0.4, -0.2) is 25.9 Å². The van der Waals surface area contributed by atoms with Gasteiger partial charge in [-0.05, 0) is 45.9 Å². The summed E-state index contributed by atoms with van der Waals surface area (Å²) in [5.74, 6) is -0.610. The minimum absolute atomic E-state index is 0. The zero-order valence-electron chi connectivity index (χ0n) is 14.1. The lowest BCUT2D eigenvalue weighted by Crippen LogP contribution is -2.40. The topological polar surface area (TPSA) is 101 Å². The van der Waals surface area contributed by atoms with Gasteiger partial charge in [-0.25, -0.2) is 13.1 Å². The molecule has 0 aliphatic rings. The first kappa shape index (κ1) is 21.9. The van der Waals surface area contributed by atoms with Gasteiger partial charge in [0.2, 0.25) is 15.9 Å². The number of amides is 1. The third kappa shape index (κ3) is 6.87. The summed E-state index contributed by atoms with van der Waals surface area (Å²) in [5.41, 5.74) is 5.54. The lowest BCUT2D eigenvalue weighted by atomic mass is 10.0. The number of carbonyl (C=O) groups is 1. The van der Waals surface area contributed by atoms with Crippen molar-refractivity contribution >= 4 is 34.0 Å². The molecule has 0 fully saturated rings. The Balaban J connectivity index is 0.00000484. The molecule has 2 unspecified atom stereocenters. The second kappa shape index (κ2) is 8.10. The molecule has 0 aliphatic heterocycles. The average Bonchev–Trinajstić information content (AvgIpc) is 2.35. The first-order chi connectivity index (χ1) is 9.92. The monoisotopic (exact) mass is 363 g/mol. The van der Waals surface area contributed by atoms with E-state index in [0.29, 0.717) is 5.69 Å². The molecule has 1 rings (SSSR count). The summed E-state index contributed by atoms with van der Waals surface area (Å²) in [5, 5.41) is 2.69. The second-order valence-electron chi connectivity index (χ2n) is 6.52. The van der Waals surface area contributed by atoms with Gasteiger partial charge in [-0.2, -0.15) is 0 Å².